The molecule has 11 rings (SSSR count). The molecule has 0 saturated carbocycles. The number of furan rings is 1. The van der Waals surface area contributed by atoms with Crippen molar-refractivity contribution in [1.82, 2.24) is 13.8 Å². The Bertz CT molecular complexity index is 2930. The minimum absolute atomic E-state index is 0.895. The lowest BCUT2D eigenvalue weighted by molar-refractivity contribution is 0.669. The summed E-state index contributed by atoms with van der Waals surface area (Å²) in [5, 5.41) is 9.56. The number of rotatable bonds is 1. The predicted octanol–water partition coefficient (Wildman–Crippen LogP) is 10.6. The fourth-order valence-corrected chi connectivity index (χ4v) is 7.84. The van der Waals surface area contributed by atoms with Crippen LogP contribution in [0.2, 0.25) is 0 Å². The standard InChI is InChI=1S/C40H23N3O/c1-2-12-25(13-3-1)41-33-22-21-24-11-4-5-14-26(24)38(33)43-39-31(23-35-36(40(39)41)30-16-7-9-20-34(30)44-35)29-18-10-17-28-27-15-6-8-19-32(27)42(43)37(28)29/h1-23H. The molecule has 4 heterocycles. The van der Waals surface area contributed by atoms with Gasteiger partial charge in [-0.2, -0.15) is 0 Å². The molecule has 2 aliphatic heterocycles. The zero-order chi connectivity index (χ0) is 28.5. The molecule has 0 atom stereocenters. The second-order valence-corrected chi connectivity index (χ2v) is 11.8. The molecule has 0 amide bonds. The van der Waals surface area contributed by atoms with Gasteiger partial charge in [0.05, 0.1) is 38.7 Å². The second kappa shape index (κ2) is 7.88. The third-order valence-corrected chi connectivity index (χ3v) is 9.56. The molecule has 0 bridgehead atoms. The molecule has 0 spiro atoms. The first-order valence-corrected chi connectivity index (χ1v) is 15.0. The fraction of sp³-hybridized carbons (Fsp3) is 0. The highest BCUT2D eigenvalue weighted by Gasteiger charge is 2.28. The third kappa shape index (κ3) is 2.61. The lowest BCUT2D eigenvalue weighted by Crippen LogP contribution is -2.17. The van der Waals surface area contributed by atoms with Gasteiger partial charge in [-0.25, -0.2) is 9.20 Å². The van der Waals surface area contributed by atoms with Gasteiger partial charge < -0.3 is 8.98 Å². The van der Waals surface area contributed by atoms with Gasteiger partial charge in [-0.3, -0.25) is 0 Å². The van der Waals surface area contributed by atoms with E-state index in [2.05, 4.69) is 153 Å². The number of para-hydroxylation sites is 4. The topological polar surface area (TPSA) is 27.4 Å². The smallest absolute Gasteiger partial charge is 0.138 e. The van der Waals surface area contributed by atoms with Crippen molar-refractivity contribution in [2.75, 3.05) is 0 Å². The molecule has 0 aliphatic carbocycles. The summed E-state index contributed by atoms with van der Waals surface area (Å²) >= 11 is 0. The average Bonchev–Trinajstić information content (AvgIpc) is 3.63. The summed E-state index contributed by atoms with van der Waals surface area (Å²) < 4.78 is 14.1. The molecule has 9 aromatic rings. The van der Waals surface area contributed by atoms with Crippen LogP contribution >= 0.6 is 0 Å². The van der Waals surface area contributed by atoms with E-state index in [1.54, 1.807) is 0 Å². The van der Waals surface area contributed by atoms with Crippen molar-refractivity contribution in [2.24, 2.45) is 0 Å². The molecule has 0 fully saturated rings. The maximum absolute atomic E-state index is 6.65. The zero-order valence-electron chi connectivity index (χ0n) is 23.5. The summed E-state index contributed by atoms with van der Waals surface area (Å²) in [6, 6.07) is 50.3. The highest BCUT2D eigenvalue weighted by atomic mass is 16.3. The van der Waals surface area contributed by atoms with Crippen LogP contribution in [0, 0.1) is 0 Å². The van der Waals surface area contributed by atoms with E-state index in [4.69, 9.17) is 4.42 Å². The highest BCUT2D eigenvalue weighted by molar-refractivity contribution is 6.26. The minimum atomic E-state index is 0.895. The maximum Gasteiger partial charge on any atom is 0.138 e. The Morgan fingerprint density at radius 2 is 1.14 bits per heavy atom. The number of hydrogen-bond donors (Lipinski definition) is 0. The molecular weight excluding hydrogens is 538 g/mol. The predicted molar refractivity (Wildman–Crippen MR) is 182 cm³/mol. The number of fused-ring (bicyclic) bond motifs is 13. The van der Waals surface area contributed by atoms with Crippen LogP contribution in [-0.2, 0) is 0 Å². The van der Waals surface area contributed by atoms with Crippen LogP contribution < -0.4 is 0 Å². The summed E-state index contributed by atoms with van der Waals surface area (Å²) in [6.45, 7) is 0. The average molecular weight is 562 g/mol. The molecule has 0 saturated heterocycles. The van der Waals surface area contributed by atoms with Gasteiger partial charge >= 0.3 is 0 Å². The van der Waals surface area contributed by atoms with Crippen molar-refractivity contribution < 1.29 is 4.42 Å². The Morgan fingerprint density at radius 1 is 0.432 bits per heavy atom. The van der Waals surface area contributed by atoms with Crippen molar-refractivity contribution in [3.63, 3.8) is 0 Å². The monoisotopic (exact) mass is 561 g/mol. The van der Waals surface area contributed by atoms with Crippen molar-refractivity contribution in [2.45, 2.75) is 0 Å². The normalized spacial score (nSPS) is 12.5. The Morgan fingerprint density at radius 3 is 2.02 bits per heavy atom. The second-order valence-electron chi connectivity index (χ2n) is 11.8. The highest BCUT2D eigenvalue weighted by Crippen LogP contribution is 2.47. The minimum Gasteiger partial charge on any atom is -0.456 e. The summed E-state index contributed by atoms with van der Waals surface area (Å²) in [4.78, 5) is 0. The van der Waals surface area contributed by atoms with E-state index in [1.807, 2.05) is 0 Å². The van der Waals surface area contributed by atoms with E-state index in [1.165, 1.54) is 48.9 Å². The van der Waals surface area contributed by atoms with Crippen LogP contribution in [0.15, 0.2) is 144 Å². The third-order valence-electron chi connectivity index (χ3n) is 9.56. The molecule has 4 heteroatoms. The molecule has 2 aromatic heterocycles. The molecule has 0 unspecified atom stereocenters. The summed E-state index contributed by atoms with van der Waals surface area (Å²) in [7, 11) is 0. The van der Waals surface area contributed by atoms with Crippen molar-refractivity contribution in [3.05, 3.63) is 140 Å². The van der Waals surface area contributed by atoms with Gasteiger partial charge in [-0.15, -0.1) is 0 Å². The number of hydrogen-bond acceptors (Lipinski definition) is 1. The Kier molecular flexibility index (Phi) is 4.04. The Hall–Kier alpha value is -6.00. The largest absolute Gasteiger partial charge is 0.456 e. The first-order chi connectivity index (χ1) is 21.9. The fourth-order valence-electron chi connectivity index (χ4n) is 7.84. The van der Waals surface area contributed by atoms with E-state index in [0.717, 1.165) is 44.3 Å². The molecule has 2 aliphatic rings. The lowest BCUT2D eigenvalue weighted by atomic mass is 9.99. The van der Waals surface area contributed by atoms with E-state index in [-0.39, 0.29) is 0 Å². The number of benzene rings is 7. The number of aromatic nitrogens is 3. The van der Waals surface area contributed by atoms with E-state index in [0.29, 0.717) is 0 Å². The summed E-state index contributed by atoms with van der Waals surface area (Å²) in [5.41, 5.74) is 9.92. The van der Waals surface area contributed by atoms with Crippen molar-refractivity contribution >= 4 is 81.8 Å². The molecule has 0 N–H and O–H groups in total. The lowest BCUT2D eigenvalue weighted by Gasteiger charge is -2.28. The first-order valence-electron chi connectivity index (χ1n) is 15.0. The number of nitrogens with zero attached hydrogens (tertiary/aromatic N) is 3. The van der Waals surface area contributed by atoms with Gasteiger partial charge in [0, 0.05) is 38.0 Å². The SMILES string of the molecule is c1ccc(-n2c3ccc4ccccc4c3n3n4c5ccccc5c5cccc(c6cc7oc8ccccc8c7c2c6-3)c54)cc1. The molecule has 7 aromatic carbocycles. The molecular formula is C40H23N3O. The quantitative estimate of drug-likeness (QED) is 0.145. The van der Waals surface area contributed by atoms with Gasteiger partial charge in [0.2, 0.25) is 0 Å². The van der Waals surface area contributed by atoms with Gasteiger partial charge in [0.1, 0.15) is 11.2 Å². The Balaban J connectivity index is 1.60. The van der Waals surface area contributed by atoms with E-state index >= 15 is 0 Å². The van der Waals surface area contributed by atoms with Crippen LogP contribution in [0.1, 0.15) is 0 Å². The van der Waals surface area contributed by atoms with Gasteiger partial charge in [-0.05, 0) is 41.8 Å². The molecule has 44 heavy (non-hydrogen) atoms. The maximum atomic E-state index is 6.65. The van der Waals surface area contributed by atoms with Crippen molar-refractivity contribution in [1.29, 1.82) is 0 Å². The van der Waals surface area contributed by atoms with Gasteiger partial charge in [0.25, 0.3) is 0 Å². The van der Waals surface area contributed by atoms with E-state index < -0.39 is 0 Å². The molecule has 0 radical (unpaired) electrons. The van der Waals surface area contributed by atoms with Crippen LogP contribution in [0.4, 0.5) is 0 Å². The van der Waals surface area contributed by atoms with Crippen LogP contribution in [0.5, 0.6) is 0 Å². The Labute approximate surface area is 250 Å². The first kappa shape index (κ1) is 22.6. The van der Waals surface area contributed by atoms with Gasteiger partial charge in [0.15, 0.2) is 0 Å². The zero-order valence-corrected chi connectivity index (χ0v) is 23.5. The summed E-state index contributed by atoms with van der Waals surface area (Å²) in [5.74, 6) is 0. The molecule has 4 nitrogen and oxygen atoms in total. The summed E-state index contributed by atoms with van der Waals surface area (Å²) in [6.07, 6.45) is 0. The van der Waals surface area contributed by atoms with Crippen molar-refractivity contribution in [3.8, 4) is 11.4 Å². The van der Waals surface area contributed by atoms with Crippen LogP contribution in [-0.4, -0.2) is 13.8 Å². The van der Waals surface area contributed by atoms with Crippen LogP contribution in [0.3, 0.4) is 0 Å². The van der Waals surface area contributed by atoms with E-state index in [9.17, 15) is 0 Å². The van der Waals surface area contributed by atoms with Crippen LogP contribution in [0.25, 0.3) is 93.2 Å². The van der Waals surface area contributed by atoms with Gasteiger partial charge in [-0.1, -0.05) is 103 Å². The molecule has 204 valence electrons.